The van der Waals surface area contributed by atoms with Crippen LogP contribution in [0.4, 0.5) is 0 Å². The second-order valence-corrected chi connectivity index (χ2v) is 5.36. The molecule has 0 aromatic carbocycles. The van der Waals surface area contributed by atoms with E-state index in [2.05, 4.69) is 27.7 Å². The van der Waals surface area contributed by atoms with E-state index in [9.17, 15) is 0 Å². The Labute approximate surface area is 101 Å². The molecule has 1 atom stereocenters. The van der Waals surface area contributed by atoms with E-state index in [0.717, 1.165) is 26.2 Å². The van der Waals surface area contributed by atoms with Crippen molar-refractivity contribution in [2.24, 2.45) is 0 Å². The van der Waals surface area contributed by atoms with Gasteiger partial charge in [-0.15, -0.1) is 11.3 Å². The molecule has 1 aromatic rings. The van der Waals surface area contributed by atoms with Crippen molar-refractivity contribution in [3.05, 3.63) is 22.4 Å². The lowest BCUT2D eigenvalue weighted by molar-refractivity contribution is 0.180. The normalized spacial score (nSPS) is 20.8. The Morgan fingerprint density at radius 2 is 2.50 bits per heavy atom. The molecule has 0 aliphatic carbocycles. The Bertz CT molecular complexity index is 283. The van der Waals surface area contributed by atoms with Crippen LogP contribution in [0.3, 0.4) is 0 Å². The maximum absolute atomic E-state index is 9.08. The lowest BCUT2D eigenvalue weighted by Crippen LogP contribution is -2.38. The third kappa shape index (κ3) is 3.56. The van der Waals surface area contributed by atoms with Crippen LogP contribution in [0, 0.1) is 0 Å². The Kier molecular flexibility index (Phi) is 4.78. The minimum atomic E-state index is 0.248. The largest absolute Gasteiger partial charge is 0.395 e. The highest BCUT2D eigenvalue weighted by Crippen LogP contribution is 2.13. The van der Waals surface area contributed by atoms with Gasteiger partial charge >= 0.3 is 0 Å². The van der Waals surface area contributed by atoms with Gasteiger partial charge in [-0.05, 0) is 30.8 Å². The van der Waals surface area contributed by atoms with Crippen molar-refractivity contribution in [1.29, 1.82) is 0 Å². The number of hydrogen-bond donors (Lipinski definition) is 2. The number of thiophene rings is 1. The summed E-state index contributed by atoms with van der Waals surface area (Å²) in [6.45, 7) is 4.19. The van der Waals surface area contributed by atoms with Gasteiger partial charge in [-0.25, -0.2) is 0 Å². The van der Waals surface area contributed by atoms with Crippen molar-refractivity contribution in [3.8, 4) is 0 Å². The summed E-state index contributed by atoms with van der Waals surface area (Å²) in [6.07, 6.45) is 2.56. The van der Waals surface area contributed by atoms with Crippen LogP contribution in [0.1, 0.15) is 17.7 Å². The third-order valence-corrected chi connectivity index (χ3v) is 3.88. The van der Waals surface area contributed by atoms with Crippen LogP contribution in [-0.4, -0.2) is 42.3 Å². The molecule has 1 aliphatic rings. The Morgan fingerprint density at radius 3 is 3.12 bits per heavy atom. The van der Waals surface area contributed by atoms with E-state index >= 15 is 0 Å². The first-order valence-corrected chi connectivity index (χ1v) is 6.85. The monoisotopic (exact) mass is 240 g/mol. The standard InChI is InChI=1S/C12H20N2OS/c15-7-6-14(9-11-3-1-5-13-11)10-12-4-2-8-16-12/h2,4,8,11,13,15H,1,3,5-7,9-10H2. The van der Waals surface area contributed by atoms with Gasteiger partial charge in [-0.3, -0.25) is 4.90 Å². The maximum atomic E-state index is 9.08. The predicted octanol–water partition coefficient (Wildman–Crippen LogP) is 1.29. The Morgan fingerprint density at radius 1 is 1.56 bits per heavy atom. The zero-order valence-electron chi connectivity index (χ0n) is 9.56. The van der Waals surface area contributed by atoms with Gasteiger partial charge in [-0.2, -0.15) is 0 Å². The molecule has 0 spiro atoms. The van der Waals surface area contributed by atoms with Crippen molar-refractivity contribution in [2.45, 2.75) is 25.4 Å². The summed E-state index contributed by atoms with van der Waals surface area (Å²) in [6, 6.07) is 4.87. The van der Waals surface area contributed by atoms with E-state index in [1.54, 1.807) is 11.3 Å². The van der Waals surface area contributed by atoms with Crippen LogP contribution in [-0.2, 0) is 6.54 Å². The quantitative estimate of drug-likeness (QED) is 0.786. The summed E-state index contributed by atoms with van der Waals surface area (Å²) in [5.74, 6) is 0. The Balaban J connectivity index is 1.83. The fourth-order valence-electron chi connectivity index (χ4n) is 2.22. The summed E-state index contributed by atoms with van der Waals surface area (Å²) in [5, 5.41) is 14.7. The van der Waals surface area contributed by atoms with E-state index in [-0.39, 0.29) is 6.61 Å². The van der Waals surface area contributed by atoms with Crippen LogP contribution in [0.5, 0.6) is 0 Å². The van der Waals surface area contributed by atoms with E-state index in [1.165, 1.54) is 17.7 Å². The molecule has 2 heterocycles. The van der Waals surface area contributed by atoms with E-state index < -0.39 is 0 Å². The summed E-state index contributed by atoms with van der Waals surface area (Å²) in [5.41, 5.74) is 0. The average molecular weight is 240 g/mol. The highest BCUT2D eigenvalue weighted by Gasteiger charge is 2.17. The van der Waals surface area contributed by atoms with Crippen molar-refractivity contribution in [2.75, 3.05) is 26.2 Å². The van der Waals surface area contributed by atoms with Crippen LogP contribution in [0.25, 0.3) is 0 Å². The summed E-state index contributed by atoms with van der Waals surface area (Å²) in [7, 11) is 0. The molecule has 16 heavy (non-hydrogen) atoms. The molecule has 0 bridgehead atoms. The molecule has 1 unspecified atom stereocenters. The van der Waals surface area contributed by atoms with Crippen molar-refractivity contribution in [1.82, 2.24) is 10.2 Å². The fourth-order valence-corrected chi connectivity index (χ4v) is 2.97. The maximum Gasteiger partial charge on any atom is 0.0558 e. The molecule has 2 rings (SSSR count). The first-order chi connectivity index (χ1) is 7.88. The first-order valence-electron chi connectivity index (χ1n) is 5.97. The van der Waals surface area contributed by atoms with Crippen LogP contribution in [0.2, 0.25) is 0 Å². The molecule has 0 radical (unpaired) electrons. The Hall–Kier alpha value is -0.420. The predicted molar refractivity (Wildman–Crippen MR) is 67.7 cm³/mol. The van der Waals surface area contributed by atoms with Crippen molar-refractivity contribution in [3.63, 3.8) is 0 Å². The topological polar surface area (TPSA) is 35.5 Å². The molecule has 0 saturated carbocycles. The second kappa shape index (κ2) is 6.35. The average Bonchev–Trinajstić information content (AvgIpc) is 2.91. The van der Waals surface area contributed by atoms with Crippen LogP contribution < -0.4 is 5.32 Å². The third-order valence-electron chi connectivity index (χ3n) is 3.02. The molecular formula is C12H20N2OS. The number of aliphatic hydroxyl groups is 1. The van der Waals surface area contributed by atoms with Gasteiger partial charge in [0, 0.05) is 30.6 Å². The summed E-state index contributed by atoms with van der Waals surface area (Å²) >= 11 is 1.79. The molecule has 0 amide bonds. The van der Waals surface area contributed by atoms with E-state index in [0.29, 0.717) is 6.04 Å². The molecule has 1 aromatic heterocycles. The van der Waals surface area contributed by atoms with Crippen molar-refractivity contribution >= 4 is 11.3 Å². The number of hydrogen-bond acceptors (Lipinski definition) is 4. The van der Waals surface area contributed by atoms with Crippen molar-refractivity contribution < 1.29 is 5.11 Å². The molecule has 3 nitrogen and oxygen atoms in total. The zero-order valence-corrected chi connectivity index (χ0v) is 10.4. The SMILES string of the molecule is OCCN(Cc1cccs1)CC1CCCN1. The number of nitrogens with zero attached hydrogens (tertiary/aromatic N) is 1. The highest BCUT2D eigenvalue weighted by molar-refractivity contribution is 7.09. The van der Waals surface area contributed by atoms with Crippen LogP contribution in [0.15, 0.2) is 17.5 Å². The lowest BCUT2D eigenvalue weighted by Gasteiger charge is -2.24. The molecule has 1 fully saturated rings. The van der Waals surface area contributed by atoms with Gasteiger partial charge in [0.15, 0.2) is 0 Å². The minimum Gasteiger partial charge on any atom is -0.395 e. The molecule has 90 valence electrons. The van der Waals surface area contributed by atoms with Gasteiger partial charge < -0.3 is 10.4 Å². The fraction of sp³-hybridized carbons (Fsp3) is 0.667. The molecular weight excluding hydrogens is 220 g/mol. The first kappa shape index (κ1) is 12.0. The molecule has 4 heteroatoms. The van der Waals surface area contributed by atoms with E-state index in [1.807, 2.05) is 0 Å². The molecule has 1 aliphatic heterocycles. The summed E-state index contributed by atoms with van der Waals surface area (Å²) in [4.78, 5) is 3.72. The summed E-state index contributed by atoms with van der Waals surface area (Å²) < 4.78 is 0. The van der Waals surface area contributed by atoms with E-state index in [4.69, 9.17) is 5.11 Å². The lowest BCUT2D eigenvalue weighted by atomic mass is 10.2. The number of aliphatic hydroxyl groups excluding tert-OH is 1. The van der Waals surface area contributed by atoms with Gasteiger partial charge in [0.05, 0.1) is 6.61 Å². The highest BCUT2D eigenvalue weighted by atomic mass is 32.1. The van der Waals surface area contributed by atoms with Gasteiger partial charge in [-0.1, -0.05) is 6.07 Å². The molecule has 2 N–H and O–H groups in total. The van der Waals surface area contributed by atoms with Gasteiger partial charge in [0.1, 0.15) is 0 Å². The smallest absolute Gasteiger partial charge is 0.0558 e. The van der Waals surface area contributed by atoms with Gasteiger partial charge in [0.25, 0.3) is 0 Å². The van der Waals surface area contributed by atoms with Gasteiger partial charge in [0.2, 0.25) is 0 Å². The van der Waals surface area contributed by atoms with Crippen LogP contribution >= 0.6 is 11.3 Å². The minimum absolute atomic E-state index is 0.248. The molecule has 1 saturated heterocycles. The zero-order chi connectivity index (χ0) is 11.2. The number of rotatable bonds is 6. The number of nitrogens with one attached hydrogen (secondary N) is 1. The second-order valence-electron chi connectivity index (χ2n) is 4.33.